The molecule has 7 heteroatoms. The van der Waals surface area contributed by atoms with Gasteiger partial charge in [-0.2, -0.15) is 0 Å². The van der Waals surface area contributed by atoms with Gasteiger partial charge in [0.2, 0.25) is 5.91 Å². The number of nitrogens with one attached hydrogen (secondary N) is 2. The molecule has 0 spiro atoms. The SMILES string of the molecule is CN=C(NCc1cccc(C(N)=O)c1)NCC(C)Sc1ccccc1.I. The Bertz CT molecular complexity index is 724. The zero-order chi connectivity index (χ0) is 18.1. The number of aliphatic imine (C=N–C) groups is 1. The maximum atomic E-state index is 11.2. The predicted molar refractivity (Wildman–Crippen MR) is 120 cm³/mol. The Morgan fingerprint density at radius 2 is 1.88 bits per heavy atom. The van der Waals surface area contributed by atoms with E-state index in [0.717, 1.165) is 18.1 Å². The first-order chi connectivity index (χ1) is 12.1. The van der Waals surface area contributed by atoms with E-state index in [-0.39, 0.29) is 24.0 Å². The molecule has 0 saturated carbocycles. The molecule has 1 amide bonds. The number of thioether (sulfide) groups is 1. The van der Waals surface area contributed by atoms with Crippen LogP contribution in [0.4, 0.5) is 0 Å². The lowest BCUT2D eigenvalue weighted by Crippen LogP contribution is -2.39. The van der Waals surface area contributed by atoms with Crippen molar-refractivity contribution in [2.24, 2.45) is 10.7 Å². The van der Waals surface area contributed by atoms with Crippen molar-refractivity contribution in [1.82, 2.24) is 10.6 Å². The molecule has 140 valence electrons. The normalized spacial score (nSPS) is 12.0. The Labute approximate surface area is 176 Å². The highest BCUT2D eigenvalue weighted by atomic mass is 127. The van der Waals surface area contributed by atoms with Crippen LogP contribution < -0.4 is 16.4 Å². The molecule has 0 heterocycles. The second-order valence-electron chi connectivity index (χ2n) is 5.61. The van der Waals surface area contributed by atoms with Gasteiger partial charge in [-0.25, -0.2) is 0 Å². The fourth-order valence-electron chi connectivity index (χ4n) is 2.25. The van der Waals surface area contributed by atoms with Crippen molar-refractivity contribution in [2.45, 2.75) is 23.6 Å². The van der Waals surface area contributed by atoms with Crippen molar-refractivity contribution in [3.63, 3.8) is 0 Å². The molecule has 0 aliphatic rings. The van der Waals surface area contributed by atoms with E-state index in [1.54, 1.807) is 19.2 Å². The third-order valence-corrected chi connectivity index (χ3v) is 4.65. The molecule has 2 aromatic carbocycles. The van der Waals surface area contributed by atoms with E-state index in [0.29, 0.717) is 17.4 Å². The number of nitrogens with two attached hydrogens (primary N) is 1. The number of hydrogen-bond donors (Lipinski definition) is 3. The van der Waals surface area contributed by atoms with Crippen molar-refractivity contribution < 1.29 is 4.79 Å². The van der Waals surface area contributed by atoms with Crippen LogP contribution in [0.15, 0.2) is 64.5 Å². The van der Waals surface area contributed by atoms with Crippen molar-refractivity contribution in [1.29, 1.82) is 0 Å². The number of hydrogen-bond acceptors (Lipinski definition) is 3. The first-order valence-electron chi connectivity index (χ1n) is 8.13. The molecule has 2 aromatic rings. The molecule has 0 radical (unpaired) electrons. The van der Waals surface area contributed by atoms with Crippen molar-refractivity contribution in [3.8, 4) is 0 Å². The molecular weight excluding hydrogens is 459 g/mol. The number of primary amides is 1. The molecule has 0 saturated heterocycles. The van der Waals surface area contributed by atoms with Crippen LogP contribution in [0, 0.1) is 0 Å². The lowest BCUT2D eigenvalue weighted by molar-refractivity contribution is 0.1000. The fourth-order valence-corrected chi connectivity index (χ4v) is 3.20. The third kappa shape index (κ3) is 7.65. The maximum Gasteiger partial charge on any atom is 0.248 e. The molecule has 0 bridgehead atoms. The van der Waals surface area contributed by atoms with Crippen molar-refractivity contribution >= 4 is 47.6 Å². The zero-order valence-electron chi connectivity index (χ0n) is 14.9. The molecule has 0 aliphatic heterocycles. The van der Waals surface area contributed by atoms with Gasteiger partial charge in [0.1, 0.15) is 0 Å². The number of carbonyl (C=O) groups is 1. The zero-order valence-corrected chi connectivity index (χ0v) is 18.1. The highest BCUT2D eigenvalue weighted by molar-refractivity contribution is 14.0. The molecule has 26 heavy (non-hydrogen) atoms. The van der Waals surface area contributed by atoms with Crippen LogP contribution in [0.2, 0.25) is 0 Å². The van der Waals surface area contributed by atoms with Gasteiger partial charge in [-0.05, 0) is 29.8 Å². The molecule has 0 aliphatic carbocycles. The second kappa shape index (κ2) is 11.8. The number of guanidine groups is 1. The Balaban J connectivity index is 0.00000338. The minimum Gasteiger partial charge on any atom is -0.366 e. The summed E-state index contributed by atoms with van der Waals surface area (Å²) in [7, 11) is 1.74. The van der Waals surface area contributed by atoms with Gasteiger partial charge >= 0.3 is 0 Å². The van der Waals surface area contributed by atoms with Crippen LogP contribution in [0.3, 0.4) is 0 Å². The number of halogens is 1. The summed E-state index contributed by atoms with van der Waals surface area (Å²) in [4.78, 5) is 16.7. The van der Waals surface area contributed by atoms with Gasteiger partial charge in [-0.1, -0.05) is 37.3 Å². The Morgan fingerprint density at radius 3 is 2.54 bits per heavy atom. The maximum absolute atomic E-state index is 11.2. The number of carbonyl (C=O) groups excluding carboxylic acids is 1. The summed E-state index contributed by atoms with van der Waals surface area (Å²) in [5.74, 6) is 0.307. The average Bonchev–Trinajstić information content (AvgIpc) is 2.63. The molecule has 0 fully saturated rings. The lowest BCUT2D eigenvalue weighted by atomic mass is 10.1. The number of nitrogens with zero attached hydrogens (tertiary/aromatic N) is 1. The minimum absolute atomic E-state index is 0. The van der Waals surface area contributed by atoms with E-state index in [2.05, 4.69) is 34.7 Å². The van der Waals surface area contributed by atoms with E-state index in [1.807, 2.05) is 42.1 Å². The van der Waals surface area contributed by atoms with Crippen LogP contribution in [0.25, 0.3) is 0 Å². The summed E-state index contributed by atoms with van der Waals surface area (Å²) in [6, 6.07) is 17.6. The van der Waals surface area contributed by atoms with Crippen LogP contribution in [-0.2, 0) is 6.54 Å². The third-order valence-electron chi connectivity index (χ3n) is 3.53. The first kappa shape index (κ1) is 22.3. The summed E-state index contributed by atoms with van der Waals surface area (Å²) in [5.41, 5.74) is 6.80. The average molecular weight is 484 g/mol. The van der Waals surface area contributed by atoms with E-state index in [4.69, 9.17) is 5.73 Å². The Morgan fingerprint density at radius 1 is 1.15 bits per heavy atom. The van der Waals surface area contributed by atoms with Gasteiger partial charge in [-0.3, -0.25) is 9.79 Å². The summed E-state index contributed by atoms with van der Waals surface area (Å²) in [6.45, 7) is 3.54. The molecule has 5 nitrogen and oxygen atoms in total. The molecule has 2 rings (SSSR count). The van der Waals surface area contributed by atoms with E-state index in [9.17, 15) is 4.79 Å². The van der Waals surface area contributed by atoms with Gasteiger partial charge in [0, 0.05) is 35.8 Å². The van der Waals surface area contributed by atoms with Crippen molar-refractivity contribution in [2.75, 3.05) is 13.6 Å². The first-order valence-corrected chi connectivity index (χ1v) is 9.01. The summed E-state index contributed by atoms with van der Waals surface area (Å²) >= 11 is 1.82. The molecule has 4 N–H and O–H groups in total. The quantitative estimate of drug-likeness (QED) is 0.244. The van der Waals surface area contributed by atoms with Crippen molar-refractivity contribution in [3.05, 3.63) is 65.7 Å². The lowest BCUT2D eigenvalue weighted by Gasteiger charge is -2.16. The van der Waals surface area contributed by atoms with E-state index in [1.165, 1.54) is 4.90 Å². The molecular formula is C19H25IN4OS. The van der Waals surface area contributed by atoms with Gasteiger partial charge in [0.25, 0.3) is 0 Å². The molecule has 1 unspecified atom stereocenters. The van der Waals surface area contributed by atoms with Crippen LogP contribution in [-0.4, -0.2) is 30.7 Å². The number of amides is 1. The summed E-state index contributed by atoms with van der Waals surface area (Å²) < 4.78 is 0. The van der Waals surface area contributed by atoms with Crippen LogP contribution >= 0.6 is 35.7 Å². The predicted octanol–water partition coefficient (Wildman–Crippen LogP) is 3.25. The Hall–Kier alpha value is -1.74. The van der Waals surface area contributed by atoms with Gasteiger partial charge in [0.05, 0.1) is 0 Å². The number of benzene rings is 2. The second-order valence-corrected chi connectivity index (χ2v) is 7.12. The fraction of sp³-hybridized carbons (Fsp3) is 0.263. The standard InChI is InChI=1S/C19H24N4OS.HI/c1-14(25-17-9-4-3-5-10-17)12-22-19(21-2)23-13-15-7-6-8-16(11-15)18(20)24;/h3-11,14H,12-13H2,1-2H3,(H2,20,24)(H2,21,22,23);1H. The highest BCUT2D eigenvalue weighted by Gasteiger charge is 2.06. The van der Waals surface area contributed by atoms with Crippen LogP contribution in [0.1, 0.15) is 22.8 Å². The summed E-state index contributed by atoms with van der Waals surface area (Å²) in [6.07, 6.45) is 0. The van der Waals surface area contributed by atoms with Gasteiger partial charge in [-0.15, -0.1) is 35.7 Å². The largest absolute Gasteiger partial charge is 0.366 e. The number of rotatable bonds is 7. The minimum atomic E-state index is -0.420. The molecule has 1 atom stereocenters. The van der Waals surface area contributed by atoms with E-state index >= 15 is 0 Å². The topological polar surface area (TPSA) is 79.5 Å². The van der Waals surface area contributed by atoms with Gasteiger partial charge < -0.3 is 16.4 Å². The monoisotopic (exact) mass is 484 g/mol. The smallest absolute Gasteiger partial charge is 0.248 e. The highest BCUT2D eigenvalue weighted by Crippen LogP contribution is 2.21. The summed E-state index contributed by atoms with van der Waals surface area (Å²) in [5, 5.41) is 6.97. The van der Waals surface area contributed by atoms with Gasteiger partial charge in [0.15, 0.2) is 5.96 Å². The van der Waals surface area contributed by atoms with E-state index < -0.39 is 5.91 Å². The van der Waals surface area contributed by atoms with Crippen LogP contribution in [0.5, 0.6) is 0 Å². The molecule has 0 aromatic heterocycles. The Kier molecular flexibility index (Phi) is 10.1.